The number of nitrogens with zero attached hydrogens (tertiary/aromatic N) is 3. The average molecular weight is 263 g/mol. The van der Waals surface area contributed by atoms with Crippen LogP contribution >= 0.6 is 0 Å². The van der Waals surface area contributed by atoms with Crippen LogP contribution in [0.5, 0.6) is 0 Å². The van der Waals surface area contributed by atoms with Gasteiger partial charge in [-0.25, -0.2) is 9.89 Å². The molecule has 102 valence electrons. The van der Waals surface area contributed by atoms with Crippen molar-refractivity contribution in [1.82, 2.24) is 19.8 Å². The van der Waals surface area contributed by atoms with E-state index in [1.165, 1.54) is 17.4 Å². The molecule has 2 N–H and O–H groups in total. The van der Waals surface area contributed by atoms with Crippen LogP contribution in [0.1, 0.15) is 25.7 Å². The molecule has 1 saturated heterocycles. The van der Waals surface area contributed by atoms with Crippen molar-refractivity contribution >= 4 is 11.5 Å². The molecule has 3 heterocycles. The van der Waals surface area contributed by atoms with Gasteiger partial charge in [0.15, 0.2) is 5.65 Å². The van der Waals surface area contributed by atoms with Crippen molar-refractivity contribution in [3.8, 4) is 0 Å². The summed E-state index contributed by atoms with van der Waals surface area (Å²) in [5.74, 6) is 0.673. The summed E-state index contributed by atoms with van der Waals surface area (Å²) in [6.45, 7) is 1.66. The van der Waals surface area contributed by atoms with Gasteiger partial charge in [-0.15, -0.1) is 5.10 Å². The van der Waals surface area contributed by atoms with Gasteiger partial charge < -0.3 is 10.1 Å². The van der Waals surface area contributed by atoms with Crippen LogP contribution in [0.2, 0.25) is 0 Å². The molecule has 2 aromatic heterocycles. The van der Waals surface area contributed by atoms with E-state index < -0.39 is 0 Å². The molecule has 0 bridgehead atoms. The Labute approximate surface area is 110 Å². The average Bonchev–Trinajstić information content (AvgIpc) is 2.82. The summed E-state index contributed by atoms with van der Waals surface area (Å²) in [6.07, 6.45) is 4.86. The third-order valence-corrected chi connectivity index (χ3v) is 3.32. The van der Waals surface area contributed by atoms with E-state index in [-0.39, 0.29) is 5.69 Å². The lowest BCUT2D eigenvalue weighted by atomic mass is 10.1. The highest BCUT2D eigenvalue weighted by Gasteiger charge is 2.13. The topological polar surface area (TPSA) is 84.3 Å². The van der Waals surface area contributed by atoms with E-state index in [4.69, 9.17) is 4.74 Å². The molecular weight excluding hydrogens is 246 g/mol. The van der Waals surface area contributed by atoms with Crippen LogP contribution in [0.4, 0.5) is 5.82 Å². The van der Waals surface area contributed by atoms with Gasteiger partial charge >= 0.3 is 5.69 Å². The summed E-state index contributed by atoms with van der Waals surface area (Å²) in [5, 5.41) is 13.6. The number of anilines is 1. The molecule has 1 fully saturated rings. The predicted molar refractivity (Wildman–Crippen MR) is 70.3 cm³/mol. The van der Waals surface area contributed by atoms with E-state index in [2.05, 4.69) is 20.6 Å². The molecule has 0 aliphatic carbocycles. The maximum absolute atomic E-state index is 11.4. The smallest absolute Gasteiger partial charge is 0.364 e. The third-order valence-electron chi connectivity index (χ3n) is 3.32. The summed E-state index contributed by atoms with van der Waals surface area (Å²) >= 11 is 0. The molecule has 2 aromatic rings. The molecular formula is C12H17N5O2. The molecule has 7 heteroatoms. The zero-order chi connectivity index (χ0) is 13.1. The summed E-state index contributed by atoms with van der Waals surface area (Å²) < 4.78 is 6.91. The van der Waals surface area contributed by atoms with Crippen molar-refractivity contribution in [2.45, 2.75) is 31.8 Å². The third kappa shape index (κ3) is 2.76. The largest absolute Gasteiger partial charge is 0.378 e. The van der Waals surface area contributed by atoms with Crippen LogP contribution in [0.15, 0.2) is 16.9 Å². The molecule has 1 unspecified atom stereocenters. The minimum absolute atomic E-state index is 0.325. The fourth-order valence-electron chi connectivity index (χ4n) is 2.29. The first-order valence-electron chi connectivity index (χ1n) is 6.63. The quantitative estimate of drug-likeness (QED) is 0.852. The Kier molecular flexibility index (Phi) is 3.45. The highest BCUT2D eigenvalue weighted by molar-refractivity contribution is 5.42. The van der Waals surface area contributed by atoms with Crippen LogP contribution in [-0.4, -0.2) is 39.1 Å². The van der Waals surface area contributed by atoms with E-state index in [1.807, 2.05) is 6.07 Å². The van der Waals surface area contributed by atoms with Crippen molar-refractivity contribution < 1.29 is 4.74 Å². The van der Waals surface area contributed by atoms with E-state index in [1.54, 1.807) is 6.07 Å². The second kappa shape index (κ2) is 5.40. The number of nitrogens with one attached hydrogen (secondary N) is 2. The number of hydrogen-bond acceptors (Lipinski definition) is 5. The van der Waals surface area contributed by atoms with E-state index >= 15 is 0 Å². The number of hydrogen-bond donors (Lipinski definition) is 2. The normalized spacial score (nSPS) is 19.7. The second-order valence-electron chi connectivity index (χ2n) is 4.72. The number of aromatic amines is 1. The van der Waals surface area contributed by atoms with Crippen molar-refractivity contribution in [1.29, 1.82) is 0 Å². The highest BCUT2D eigenvalue weighted by Crippen LogP contribution is 2.15. The van der Waals surface area contributed by atoms with Crippen molar-refractivity contribution in [2.24, 2.45) is 0 Å². The molecule has 1 aliphatic rings. The molecule has 0 saturated carbocycles. The summed E-state index contributed by atoms with van der Waals surface area (Å²) in [5.41, 5.74) is 0.195. The summed E-state index contributed by atoms with van der Waals surface area (Å²) in [6, 6.07) is 3.57. The SMILES string of the molecule is O=c1[nH]nc2ccc(NCCC3CCCCO3)nn12. The predicted octanol–water partition coefficient (Wildman–Crippen LogP) is 0.789. The Morgan fingerprint density at radius 1 is 1.47 bits per heavy atom. The first kappa shape index (κ1) is 12.2. The molecule has 19 heavy (non-hydrogen) atoms. The standard InChI is InChI=1S/C12H17N5O2/c18-12-15-14-11-5-4-10(16-17(11)12)13-7-6-9-3-1-2-8-19-9/h4-5,9H,1-3,6-8H2,(H,13,16)(H,15,18). The van der Waals surface area contributed by atoms with Gasteiger partial charge in [-0.05, 0) is 37.8 Å². The van der Waals surface area contributed by atoms with Crippen molar-refractivity contribution in [2.75, 3.05) is 18.5 Å². The Bertz CT molecular complexity index is 599. The molecule has 1 atom stereocenters. The molecule has 0 aromatic carbocycles. The van der Waals surface area contributed by atoms with Gasteiger partial charge in [0, 0.05) is 13.2 Å². The number of fused-ring (bicyclic) bond motifs is 1. The minimum atomic E-state index is -0.325. The van der Waals surface area contributed by atoms with E-state index in [9.17, 15) is 4.79 Å². The second-order valence-corrected chi connectivity index (χ2v) is 4.72. The minimum Gasteiger partial charge on any atom is -0.378 e. The van der Waals surface area contributed by atoms with Gasteiger partial charge in [0.1, 0.15) is 5.82 Å². The van der Waals surface area contributed by atoms with Crippen LogP contribution in [0, 0.1) is 0 Å². The first-order valence-corrected chi connectivity index (χ1v) is 6.63. The zero-order valence-corrected chi connectivity index (χ0v) is 10.6. The van der Waals surface area contributed by atoms with Gasteiger partial charge in [0.2, 0.25) is 0 Å². The van der Waals surface area contributed by atoms with E-state index in [0.29, 0.717) is 17.6 Å². The maximum Gasteiger partial charge on any atom is 0.364 e. The number of rotatable bonds is 4. The van der Waals surface area contributed by atoms with Gasteiger partial charge in [0.05, 0.1) is 6.10 Å². The fourth-order valence-corrected chi connectivity index (χ4v) is 2.29. The molecule has 0 spiro atoms. The van der Waals surface area contributed by atoms with Gasteiger partial charge in [-0.1, -0.05) is 0 Å². The zero-order valence-electron chi connectivity index (χ0n) is 10.6. The lowest BCUT2D eigenvalue weighted by Gasteiger charge is -2.22. The fraction of sp³-hybridized carbons (Fsp3) is 0.583. The molecule has 0 amide bonds. The van der Waals surface area contributed by atoms with Gasteiger partial charge in [0.25, 0.3) is 0 Å². The Hall–Kier alpha value is -1.89. The molecule has 1 aliphatic heterocycles. The molecule has 0 radical (unpaired) electrons. The van der Waals surface area contributed by atoms with Crippen LogP contribution in [-0.2, 0) is 4.74 Å². The highest BCUT2D eigenvalue weighted by atomic mass is 16.5. The number of ether oxygens (including phenoxy) is 1. The summed E-state index contributed by atoms with van der Waals surface area (Å²) in [7, 11) is 0. The Morgan fingerprint density at radius 2 is 2.42 bits per heavy atom. The monoisotopic (exact) mass is 263 g/mol. The maximum atomic E-state index is 11.4. The lowest BCUT2D eigenvalue weighted by molar-refractivity contribution is 0.0134. The number of H-pyrrole nitrogens is 1. The lowest BCUT2D eigenvalue weighted by Crippen LogP contribution is -2.22. The van der Waals surface area contributed by atoms with Crippen LogP contribution in [0.3, 0.4) is 0 Å². The first-order chi connectivity index (χ1) is 9.33. The Morgan fingerprint density at radius 3 is 3.26 bits per heavy atom. The molecule has 3 rings (SSSR count). The van der Waals surface area contributed by atoms with Crippen molar-refractivity contribution in [3.63, 3.8) is 0 Å². The van der Waals surface area contributed by atoms with Crippen LogP contribution < -0.4 is 11.0 Å². The van der Waals surface area contributed by atoms with Crippen molar-refractivity contribution in [3.05, 3.63) is 22.6 Å². The van der Waals surface area contributed by atoms with Crippen LogP contribution in [0.25, 0.3) is 5.65 Å². The molecule has 7 nitrogen and oxygen atoms in total. The Balaban J connectivity index is 1.58. The van der Waals surface area contributed by atoms with Gasteiger partial charge in [-0.3, -0.25) is 0 Å². The van der Waals surface area contributed by atoms with E-state index in [0.717, 1.165) is 26.0 Å². The summed E-state index contributed by atoms with van der Waals surface area (Å²) in [4.78, 5) is 11.4. The van der Waals surface area contributed by atoms with Gasteiger partial charge in [-0.2, -0.15) is 9.61 Å². The number of aromatic nitrogens is 4.